The Labute approximate surface area is 218 Å². The minimum absolute atomic E-state index is 0.0109. The first-order valence-corrected chi connectivity index (χ1v) is 13.2. The maximum atomic E-state index is 13.1. The normalized spacial score (nSPS) is 19.0. The van der Waals surface area contributed by atoms with Crippen LogP contribution in [0.2, 0.25) is 5.02 Å². The number of hydrogen-bond acceptors (Lipinski definition) is 7. The Balaban J connectivity index is 1.55. The van der Waals surface area contributed by atoms with Crippen molar-refractivity contribution >= 4 is 45.0 Å². The van der Waals surface area contributed by atoms with Gasteiger partial charge >= 0.3 is 0 Å². The highest BCUT2D eigenvalue weighted by Gasteiger charge is 2.40. The number of fused-ring (bicyclic) bond motifs is 2. The third-order valence-corrected chi connectivity index (χ3v) is 8.41. The van der Waals surface area contributed by atoms with Crippen LogP contribution < -0.4 is 10.1 Å². The van der Waals surface area contributed by atoms with Crippen molar-refractivity contribution in [3.05, 3.63) is 45.9 Å². The van der Waals surface area contributed by atoms with E-state index in [1.54, 1.807) is 33.3 Å². The Bertz CT molecular complexity index is 1340. The van der Waals surface area contributed by atoms with Gasteiger partial charge in [-0.3, -0.25) is 14.6 Å². The molecule has 2 aliphatic rings. The summed E-state index contributed by atoms with van der Waals surface area (Å²) in [4.78, 5) is 34.3. The summed E-state index contributed by atoms with van der Waals surface area (Å²) >= 11 is 7.86. The molecule has 2 aromatic heterocycles. The Morgan fingerprint density at radius 2 is 2.03 bits per heavy atom. The quantitative estimate of drug-likeness (QED) is 0.528. The van der Waals surface area contributed by atoms with Crippen LogP contribution in [0.4, 0.5) is 0 Å². The smallest absolute Gasteiger partial charge is 0.264 e. The van der Waals surface area contributed by atoms with Crippen molar-refractivity contribution in [2.75, 3.05) is 40.3 Å². The molecule has 1 fully saturated rings. The number of rotatable bonds is 5. The zero-order chi connectivity index (χ0) is 25.6. The average Bonchev–Trinajstić information content (AvgIpc) is 3.52. The van der Waals surface area contributed by atoms with E-state index >= 15 is 0 Å². The van der Waals surface area contributed by atoms with Crippen LogP contribution in [-0.4, -0.2) is 78.1 Å². The van der Waals surface area contributed by atoms with Crippen LogP contribution in [0, 0.1) is 0 Å². The topological polar surface area (TPSA) is 95.0 Å². The number of nitrogens with zero attached hydrogens (tertiary/aromatic N) is 3. The Morgan fingerprint density at radius 3 is 2.72 bits per heavy atom. The van der Waals surface area contributed by atoms with Crippen molar-refractivity contribution in [1.82, 2.24) is 20.1 Å². The van der Waals surface area contributed by atoms with E-state index in [1.165, 1.54) is 16.2 Å². The molecule has 2 atom stereocenters. The molecule has 10 heteroatoms. The van der Waals surface area contributed by atoms with Crippen molar-refractivity contribution in [2.24, 2.45) is 0 Å². The Hall–Kier alpha value is -2.72. The van der Waals surface area contributed by atoms with Crippen LogP contribution >= 0.6 is 22.9 Å². The van der Waals surface area contributed by atoms with Crippen LogP contribution in [-0.2, 0) is 21.6 Å². The molecule has 8 nitrogen and oxygen atoms in total. The maximum absolute atomic E-state index is 13.1. The lowest BCUT2D eigenvalue weighted by atomic mass is 9.96. The van der Waals surface area contributed by atoms with E-state index in [0.717, 1.165) is 34.5 Å². The van der Waals surface area contributed by atoms with E-state index in [9.17, 15) is 14.7 Å². The zero-order valence-electron chi connectivity index (χ0n) is 20.5. The van der Waals surface area contributed by atoms with Gasteiger partial charge < -0.3 is 25.0 Å². The van der Waals surface area contributed by atoms with Gasteiger partial charge in [0.15, 0.2) is 11.7 Å². The predicted molar refractivity (Wildman–Crippen MR) is 141 cm³/mol. The lowest BCUT2D eigenvalue weighted by Gasteiger charge is -2.29. The van der Waals surface area contributed by atoms with E-state index in [2.05, 4.69) is 10.3 Å². The van der Waals surface area contributed by atoms with Gasteiger partial charge in [0.25, 0.3) is 11.8 Å². The van der Waals surface area contributed by atoms with Gasteiger partial charge in [-0.1, -0.05) is 18.5 Å². The van der Waals surface area contributed by atoms with Crippen LogP contribution in [0.25, 0.3) is 21.3 Å². The van der Waals surface area contributed by atoms with Crippen molar-refractivity contribution in [1.29, 1.82) is 0 Å². The van der Waals surface area contributed by atoms with E-state index in [0.29, 0.717) is 40.7 Å². The average molecular weight is 529 g/mol. The number of ether oxygens (including phenoxy) is 1. The summed E-state index contributed by atoms with van der Waals surface area (Å²) in [6, 6.07) is 7.34. The highest BCUT2D eigenvalue weighted by molar-refractivity contribution is 7.19. The second kappa shape index (κ2) is 9.63. The van der Waals surface area contributed by atoms with Crippen molar-refractivity contribution in [2.45, 2.75) is 31.5 Å². The van der Waals surface area contributed by atoms with Crippen molar-refractivity contribution in [3.63, 3.8) is 0 Å². The molecule has 0 radical (unpaired) electrons. The molecule has 0 aliphatic carbocycles. The zero-order valence-corrected chi connectivity index (χ0v) is 22.1. The number of carbonyl (C=O) groups excluding carboxylic acids is 2. The van der Waals surface area contributed by atoms with Gasteiger partial charge in [-0.25, -0.2) is 0 Å². The van der Waals surface area contributed by atoms with Crippen LogP contribution in [0.5, 0.6) is 5.75 Å². The van der Waals surface area contributed by atoms with E-state index in [4.69, 9.17) is 16.3 Å². The maximum Gasteiger partial charge on any atom is 0.264 e. The standard InChI is InChI=1S/C26H29ClN4O4S/c1-4-26(34,25(33)30(2)3)21-14-19-23(36-21)17(5-6-29-19)18-13-16(27)11-15-12-20(35-22(15)18)24(32)31-9-7-28-8-10-31/h5-6,11,13-14,20,28,34H,4,7-10,12H2,1-3H3/t20-,26?/m1/s1. The van der Waals surface area contributed by atoms with Crippen LogP contribution in [0.3, 0.4) is 0 Å². The summed E-state index contributed by atoms with van der Waals surface area (Å²) in [7, 11) is 3.26. The molecule has 0 bridgehead atoms. The fourth-order valence-corrected chi connectivity index (χ4v) is 6.44. The number of nitrogens with one attached hydrogen (secondary N) is 1. The molecule has 1 aromatic carbocycles. The number of amides is 2. The van der Waals surface area contributed by atoms with Gasteiger partial charge in [0.05, 0.1) is 10.2 Å². The highest BCUT2D eigenvalue weighted by atomic mass is 35.5. The molecule has 0 spiro atoms. The lowest BCUT2D eigenvalue weighted by Crippen LogP contribution is -2.50. The molecule has 0 saturated carbocycles. The van der Waals surface area contributed by atoms with Crippen LogP contribution in [0.1, 0.15) is 23.8 Å². The number of hydrogen-bond donors (Lipinski definition) is 2. The van der Waals surface area contributed by atoms with Gasteiger partial charge in [-0.15, -0.1) is 11.3 Å². The van der Waals surface area contributed by atoms with E-state index in [1.807, 2.05) is 23.1 Å². The van der Waals surface area contributed by atoms with Gasteiger partial charge in [-0.05, 0) is 30.7 Å². The van der Waals surface area contributed by atoms with E-state index < -0.39 is 11.7 Å². The van der Waals surface area contributed by atoms with Gasteiger partial charge in [-0.2, -0.15) is 0 Å². The fourth-order valence-electron chi connectivity index (χ4n) is 4.91. The van der Waals surface area contributed by atoms with Crippen LogP contribution in [0.15, 0.2) is 30.5 Å². The summed E-state index contributed by atoms with van der Waals surface area (Å²) in [6.07, 6.45) is 1.80. The number of aliphatic hydroxyl groups is 1. The van der Waals surface area contributed by atoms with Crippen molar-refractivity contribution in [3.8, 4) is 16.9 Å². The first kappa shape index (κ1) is 25.0. The van der Waals surface area contributed by atoms with Gasteiger partial charge in [0.1, 0.15) is 5.75 Å². The number of likely N-dealkylation sites (N-methyl/N-ethyl adjacent to an activating group) is 1. The Kier molecular flexibility index (Phi) is 6.67. The number of carbonyl (C=O) groups is 2. The number of halogens is 1. The third kappa shape index (κ3) is 4.24. The highest BCUT2D eigenvalue weighted by Crippen LogP contribution is 2.46. The summed E-state index contributed by atoms with van der Waals surface area (Å²) in [6.45, 7) is 4.67. The van der Waals surface area contributed by atoms with Crippen molar-refractivity contribution < 1.29 is 19.4 Å². The van der Waals surface area contributed by atoms with Gasteiger partial charge in [0.2, 0.25) is 0 Å². The second-order valence-electron chi connectivity index (χ2n) is 9.42. The SMILES string of the molecule is CCC(O)(C(=O)N(C)C)c1cc2nccc(-c3cc(Cl)cc4c3O[C@@H](C(=O)N3CCNCC3)C4)c2s1. The first-order chi connectivity index (χ1) is 17.2. The third-order valence-electron chi connectivity index (χ3n) is 6.88. The summed E-state index contributed by atoms with van der Waals surface area (Å²) in [5.74, 6) is 0.257. The molecule has 1 saturated heterocycles. The summed E-state index contributed by atoms with van der Waals surface area (Å²) < 4.78 is 7.10. The largest absolute Gasteiger partial charge is 0.479 e. The number of benzene rings is 1. The molecule has 2 aliphatic heterocycles. The monoisotopic (exact) mass is 528 g/mol. The molecule has 1 unspecified atom stereocenters. The molecule has 4 heterocycles. The Morgan fingerprint density at radius 1 is 1.28 bits per heavy atom. The molecule has 36 heavy (non-hydrogen) atoms. The molecule has 190 valence electrons. The predicted octanol–water partition coefficient (Wildman–Crippen LogP) is 3.04. The molecule has 5 rings (SSSR count). The molecular weight excluding hydrogens is 500 g/mol. The molecule has 2 N–H and O–H groups in total. The molecule has 2 amide bonds. The molecular formula is C26H29ClN4O4S. The summed E-state index contributed by atoms with van der Waals surface area (Å²) in [5.41, 5.74) is 1.53. The second-order valence-corrected chi connectivity index (χ2v) is 10.9. The first-order valence-electron chi connectivity index (χ1n) is 12.0. The summed E-state index contributed by atoms with van der Waals surface area (Å²) in [5, 5.41) is 15.1. The van der Waals surface area contributed by atoms with Gasteiger partial charge in [0, 0.05) is 79.5 Å². The number of pyridine rings is 1. The van der Waals surface area contributed by atoms with E-state index in [-0.39, 0.29) is 18.2 Å². The number of piperazine rings is 1. The lowest BCUT2D eigenvalue weighted by molar-refractivity contribution is -0.149. The minimum atomic E-state index is -1.64. The number of aromatic nitrogens is 1. The minimum Gasteiger partial charge on any atom is -0.479 e. The number of thiophene rings is 1. The molecule has 3 aromatic rings. The fraction of sp³-hybridized carbons (Fsp3) is 0.423.